The van der Waals surface area contributed by atoms with Gasteiger partial charge in [0.15, 0.2) is 0 Å². The van der Waals surface area contributed by atoms with E-state index < -0.39 is 0 Å². The molecule has 2 rings (SSSR count). The van der Waals surface area contributed by atoms with Crippen LogP contribution in [0.25, 0.3) is 11.4 Å². The minimum Gasteiger partial charge on any atom is -0.255 e. The van der Waals surface area contributed by atoms with Crippen molar-refractivity contribution in [3.63, 3.8) is 0 Å². The van der Waals surface area contributed by atoms with Crippen molar-refractivity contribution in [2.75, 3.05) is 0 Å². The zero-order chi connectivity index (χ0) is 21.6. The lowest BCUT2D eigenvalue weighted by Gasteiger charge is -2.17. The summed E-state index contributed by atoms with van der Waals surface area (Å²) in [5, 5.41) is 0. The highest BCUT2D eigenvalue weighted by atomic mass is 14.8. The average Bonchev–Trinajstić information content (AvgIpc) is 2.79. The molecule has 0 aromatic carbocycles. The Labute approximate surface area is 185 Å². The van der Waals surface area contributed by atoms with Crippen LogP contribution in [0, 0.1) is 0 Å². The summed E-state index contributed by atoms with van der Waals surface area (Å²) in [6.45, 7) is 9.19. The Bertz CT molecular complexity index is 648. The average molecular weight is 409 g/mol. The van der Waals surface area contributed by atoms with Crippen LogP contribution in [0.5, 0.6) is 0 Å². The predicted octanol–water partition coefficient (Wildman–Crippen LogP) is 9.07. The van der Waals surface area contributed by atoms with Gasteiger partial charge >= 0.3 is 0 Å². The molecular weight excluding hydrogens is 364 g/mol. The number of hydrogen-bond donors (Lipinski definition) is 0. The topological polar surface area (TPSA) is 25.8 Å². The Morgan fingerprint density at radius 3 is 1.40 bits per heavy atom. The minimum absolute atomic E-state index is 0.633. The van der Waals surface area contributed by atoms with Gasteiger partial charge in [-0.2, -0.15) is 0 Å². The normalized spacial score (nSPS) is 13.3. The van der Waals surface area contributed by atoms with Crippen molar-refractivity contribution in [1.29, 1.82) is 0 Å². The van der Waals surface area contributed by atoms with E-state index in [0.717, 1.165) is 11.4 Å². The number of rotatable bonds is 15. The summed E-state index contributed by atoms with van der Waals surface area (Å²) >= 11 is 0. The Kier molecular flexibility index (Phi) is 11.7. The van der Waals surface area contributed by atoms with Crippen LogP contribution < -0.4 is 0 Å². The highest BCUT2D eigenvalue weighted by molar-refractivity contribution is 5.56. The molecule has 0 saturated carbocycles. The molecule has 2 unspecified atom stereocenters. The maximum Gasteiger partial charge on any atom is 0.0889 e. The van der Waals surface area contributed by atoms with E-state index >= 15 is 0 Å². The molecule has 0 fully saturated rings. The zero-order valence-corrected chi connectivity index (χ0v) is 20.0. The molecule has 2 aromatic heterocycles. The molecule has 2 atom stereocenters. The fourth-order valence-electron chi connectivity index (χ4n) is 4.53. The zero-order valence-electron chi connectivity index (χ0n) is 20.0. The SMILES string of the molecule is CCCCCCC(CC)c1ccnc(-c2cc(C(CC)CCCCCC)ccn2)c1. The molecule has 0 aliphatic heterocycles. The predicted molar refractivity (Wildman–Crippen MR) is 131 cm³/mol. The molecule has 166 valence electrons. The molecule has 0 N–H and O–H groups in total. The molecule has 30 heavy (non-hydrogen) atoms. The first-order chi connectivity index (χ1) is 14.7. The molecule has 2 heteroatoms. The maximum atomic E-state index is 4.69. The number of hydrogen-bond acceptors (Lipinski definition) is 2. The molecule has 0 radical (unpaired) electrons. The van der Waals surface area contributed by atoms with Crippen LogP contribution in [0.15, 0.2) is 36.7 Å². The van der Waals surface area contributed by atoms with Crippen molar-refractivity contribution >= 4 is 0 Å². The molecule has 2 nitrogen and oxygen atoms in total. The highest BCUT2D eigenvalue weighted by Gasteiger charge is 2.14. The van der Waals surface area contributed by atoms with Gasteiger partial charge in [0, 0.05) is 12.4 Å². The summed E-state index contributed by atoms with van der Waals surface area (Å²) in [6, 6.07) is 9.01. The summed E-state index contributed by atoms with van der Waals surface area (Å²) < 4.78 is 0. The Hall–Kier alpha value is -1.70. The van der Waals surface area contributed by atoms with Crippen molar-refractivity contribution in [2.45, 2.75) is 117 Å². The van der Waals surface area contributed by atoms with Gasteiger partial charge < -0.3 is 0 Å². The Morgan fingerprint density at radius 1 is 0.600 bits per heavy atom. The first-order valence-corrected chi connectivity index (χ1v) is 12.7. The number of pyridine rings is 2. The number of nitrogens with zero attached hydrogens (tertiary/aromatic N) is 2. The van der Waals surface area contributed by atoms with Crippen LogP contribution in [0.1, 0.15) is 128 Å². The monoisotopic (exact) mass is 408 g/mol. The first kappa shape index (κ1) is 24.6. The lowest BCUT2D eigenvalue weighted by atomic mass is 9.89. The van der Waals surface area contributed by atoms with Crippen molar-refractivity contribution in [3.05, 3.63) is 47.8 Å². The van der Waals surface area contributed by atoms with E-state index in [1.807, 2.05) is 12.4 Å². The summed E-state index contributed by atoms with van der Waals surface area (Å²) in [6.07, 6.45) is 19.6. The van der Waals surface area contributed by atoms with E-state index in [4.69, 9.17) is 0 Å². The molecule has 0 saturated heterocycles. The van der Waals surface area contributed by atoms with Crippen molar-refractivity contribution < 1.29 is 0 Å². The summed E-state index contributed by atoms with van der Waals surface area (Å²) in [4.78, 5) is 9.37. The van der Waals surface area contributed by atoms with Crippen molar-refractivity contribution in [2.24, 2.45) is 0 Å². The standard InChI is InChI=1S/C28H44N2/c1-5-9-11-13-15-23(7-3)25-17-19-29-27(21-25)28-22-26(18-20-30-28)24(8-4)16-14-12-10-6-2/h17-24H,5-16H2,1-4H3. The van der Waals surface area contributed by atoms with Gasteiger partial charge in [-0.1, -0.05) is 79.1 Å². The second-order valence-corrected chi connectivity index (χ2v) is 8.86. The van der Waals surface area contributed by atoms with Gasteiger partial charge in [0.1, 0.15) is 0 Å². The second kappa shape index (κ2) is 14.3. The first-order valence-electron chi connectivity index (χ1n) is 12.7. The van der Waals surface area contributed by atoms with Crippen LogP contribution in [0.3, 0.4) is 0 Å². The number of aromatic nitrogens is 2. The van der Waals surface area contributed by atoms with Gasteiger partial charge in [0.25, 0.3) is 0 Å². The fourth-order valence-corrected chi connectivity index (χ4v) is 4.53. The third kappa shape index (κ3) is 7.85. The number of unbranched alkanes of at least 4 members (excludes halogenated alkanes) is 6. The van der Waals surface area contributed by atoms with Gasteiger partial charge in [0.2, 0.25) is 0 Å². The summed E-state index contributed by atoms with van der Waals surface area (Å²) in [5.74, 6) is 1.27. The summed E-state index contributed by atoms with van der Waals surface area (Å²) in [7, 11) is 0. The van der Waals surface area contributed by atoms with Gasteiger partial charge in [-0.05, 0) is 72.9 Å². The van der Waals surface area contributed by atoms with E-state index in [1.165, 1.54) is 88.2 Å². The smallest absolute Gasteiger partial charge is 0.0889 e. The van der Waals surface area contributed by atoms with Crippen LogP contribution >= 0.6 is 0 Å². The third-order valence-electron chi connectivity index (χ3n) is 6.57. The second-order valence-electron chi connectivity index (χ2n) is 8.86. The maximum absolute atomic E-state index is 4.69. The van der Waals surface area contributed by atoms with E-state index in [9.17, 15) is 0 Å². The molecule has 0 aliphatic carbocycles. The molecule has 0 amide bonds. The van der Waals surface area contributed by atoms with Gasteiger partial charge in [-0.15, -0.1) is 0 Å². The largest absolute Gasteiger partial charge is 0.255 e. The lowest BCUT2D eigenvalue weighted by molar-refractivity contribution is 0.542. The Balaban J connectivity index is 2.11. The van der Waals surface area contributed by atoms with Crippen molar-refractivity contribution in [3.8, 4) is 11.4 Å². The highest BCUT2D eigenvalue weighted by Crippen LogP contribution is 2.31. The van der Waals surface area contributed by atoms with Gasteiger partial charge in [-0.3, -0.25) is 9.97 Å². The Morgan fingerprint density at radius 2 is 1.03 bits per heavy atom. The molecule has 2 aromatic rings. The fraction of sp³-hybridized carbons (Fsp3) is 0.643. The van der Waals surface area contributed by atoms with Crippen LogP contribution in [0.2, 0.25) is 0 Å². The van der Waals surface area contributed by atoms with Gasteiger partial charge in [-0.25, -0.2) is 0 Å². The lowest BCUT2D eigenvalue weighted by Crippen LogP contribution is -2.01. The quantitative estimate of drug-likeness (QED) is 0.275. The van der Waals surface area contributed by atoms with E-state index in [-0.39, 0.29) is 0 Å². The molecule has 0 spiro atoms. The van der Waals surface area contributed by atoms with Gasteiger partial charge in [0.05, 0.1) is 11.4 Å². The third-order valence-corrected chi connectivity index (χ3v) is 6.57. The van der Waals surface area contributed by atoms with Crippen LogP contribution in [-0.2, 0) is 0 Å². The molecule has 0 aliphatic rings. The van der Waals surface area contributed by atoms with E-state index in [1.54, 1.807) is 0 Å². The van der Waals surface area contributed by atoms with E-state index in [0.29, 0.717) is 11.8 Å². The molecule has 0 bridgehead atoms. The minimum atomic E-state index is 0.633. The molecular formula is C28H44N2. The summed E-state index contributed by atoms with van der Waals surface area (Å²) in [5.41, 5.74) is 4.92. The van der Waals surface area contributed by atoms with Crippen molar-refractivity contribution in [1.82, 2.24) is 9.97 Å². The van der Waals surface area contributed by atoms with E-state index in [2.05, 4.69) is 61.9 Å². The van der Waals surface area contributed by atoms with Crippen LogP contribution in [0.4, 0.5) is 0 Å². The van der Waals surface area contributed by atoms with Crippen LogP contribution in [-0.4, -0.2) is 9.97 Å². The molecule has 2 heterocycles.